The van der Waals surface area contributed by atoms with Crippen molar-refractivity contribution in [1.82, 2.24) is 4.98 Å². The highest BCUT2D eigenvalue weighted by molar-refractivity contribution is 7.11. The second-order valence-corrected chi connectivity index (χ2v) is 2.74. The molecule has 0 atom stereocenters. The van der Waals surface area contributed by atoms with Crippen LogP contribution < -0.4 is 0 Å². The van der Waals surface area contributed by atoms with Gasteiger partial charge in [-0.15, -0.1) is 11.3 Å². The van der Waals surface area contributed by atoms with Gasteiger partial charge >= 0.3 is 0 Å². The molecule has 1 aromatic heterocycles. The molecule has 4 heteroatoms. The molecular formula is C5H7NO2S. The molecule has 0 aliphatic carbocycles. The molecule has 3 nitrogen and oxygen atoms in total. The van der Waals surface area contributed by atoms with Gasteiger partial charge in [0.15, 0.2) is 0 Å². The first-order chi connectivity index (χ1) is 4.36. The molecule has 0 aromatic carbocycles. The Bertz CT molecular complexity index is 168. The summed E-state index contributed by atoms with van der Waals surface area (Å²) in [6.07, 6.45) is 1.57. The fourth-order valence-electron chi connectivity index (χ4n) is 0.494. The Balaban J connectivity index is 2.74. The third kappa shape index (κ3) is 1.48. The number of hydrogen-bond acceptors (Lipinski definition) is 4. The van der Waals surface area contributed by atoms with Gasteiger partial charge in [-0.1, -0.05) is 0 Å². The molecule has 0 unspecified atom stereocenters. The molecule has 1 heterocycles. The van der Waals surface area contributed by atoms with Crippen molar-refractivity contribution < 1.29 is 10.2 Å². The first-order valence-corrected chi connectivity index (χ1v) is 3.33. The first kappa shape index (κ1) is 6.67. The maximum atomic E-state index is 8.54. The van der Waals surface area contributed by atoms with Gasteiger partial charge in [0.05, 0.1) is 18.1 Å². The standard InChI is InChI=1S/C5H7NO2S/c7-2-4-1-6-5(3-8)9-4/h1,7-8H,2-3H2. The minimum atomic E-state index is -0.0370. The van der Waals surface area contributed by atoms with Crippen LogP contribution >= 0.6 is 11.3 Å². The Hall–Kier alpha value is -0.450. The van der Waals surface area contributed by atoms with Gasteiger partial charge in [-0.2, -0.15) is 0 Å². The van der Waals surface area contributed by atoms with Gasteiger partial charge in [0.2, 0.25) is 0 Å². The average Bonchev–Trinajstić information content (AvgIpc) is 2.34. The Kier molecular flexibility index (Phi) is 2.16. The number of nitrogens with zero attached hydrogens (tertiary/aromatic N) is 1. The van der Waals surface area contributed by atoms with E-state index in [0.717, 1.165) is 4.88 Å². The lowest BCUT2D eigenvalue weighted by Gasteiger charge is -1.81. The number of aliphatic hydroxyl groups excluding tert-OH is 2. The van der Waals surface area contributed by atoms with Crippen molar-refractivity contribution in [2.45, 2.75) is 13.2 Å². The van der Waals surface area contributed by atoms with E-state index in [0.29, 0.717) is 5.01 Å². The lowest BCUT2D eigenvalue weighted by molar-refractivity contribution is 0.281. The summed E-state index contributed by atoms with van der Waals surface area (Å²) in [4.78, 5) is 4.60. The predicted molar refractivity (Wildman–Crippen MR) is 34.0 cm³/mol. The van der Waals surface area contributed by atoms with E-state index in [1.807, 2.05) is 0 Å². The molecule has 2 N–H and O–H groups in total. The quantitative estimate of drug-likeness (QED) is 0.621. The number of hydrogen-bond donors (Lipinski definition) is 2. The average molecular weight is 145 g/mol. The smallest absolute Gasteiger partial charge is 0.118 e. The number of thiazole rings is 1. The zero-order valence-corrected chi connectivity index (χ0v) is 5.56. The summed E-state index contributed by atoms with van der Waals surface area (Å²) in [5, 5.41) is 17.7. The van der Waals surface area contributed by atoms with Gasteiger partial charge in [-0.05, 0) is 0 Å². The van der Waals surface area contributed by atoms with Gasteiger partial charge in [0.25, 0.3) is 0 Å². The molecule has 1 aromatic rings. The van der Waals surface area contributed by atoms with Crippen molar-refractivity contribution in [2.75, 3.05) is 0 Å². The van der Waals surface area contributed by atoms with Crippen molar-refractivity contribution in [3.8, 4) is 0 Å². The van der Waals surface area contributed by atoms with E-state index in [1.165, 1.54) is 11.3 Å². The van der Waals surface area contributed by atoms with Crippen molar-refractivity contribution in [2.24, 2.45) is 0 Å². The summed E-state index contributed by atoms with van der Waals surface area (Å²) in [6.45, 7) is -0.0255. The summed E-state index contributed by atoms with van der Waals surface area (Å²) in [5.74, 6) is 0. The van der Waals surface area contributed by atoms with E-state index in [2.05, 4.69) is 4.98 Å². The second-order valence-electron chi connectivity index (χ2n) is 1.54. The Morgan fingerprint density at radius 2 is 2.22 bits per heavy atom. The lowest BCUT2D eigenvalue weighted by atomic mass is 10.6. The lowest BCUT2D eigenvalue weighted by Crippen LogP contribution is -1.75. The normalized spacial score (nSPS) is 10.0. The van der Waals surface area contributed by atoms with E-state index >= 15 is 0 Å². The molecule has 0 bridgehead atoms. The summed E-state index contributed by atoms with van der Waals surface area (Å²) >= 11 is 1.32. The third-order valence-electron chi connectivity index (χ3n) is 0.893. The van der Waals surface area contributed by atoms with E-state index in [-0.39, 0.29) is 13.2 Å². The predicted octanol–water partition coefficient (Wildman–Crippen LogP) is 0.128. The minimum absolute atomic E-state index is 0.0116. The largest absolute Gasteiger partial charge is 0.391 e. The van der Waals surface area contributed by atoms with Crippen LogP contribution in [0.5, 0.6) is 0 Å². The van der Waals surface area contributed by atoms with Crippen LogP contribution in [0.15, 0.2) is 6.20 Å². The molecule has 0 saturated carbocycles. The maximum Gasteiger partial charge on any atom is 0.118 e. The van der Waals surface area contributed by atoms with Gasteiger partial charge in [-0.3, -0.25) is 0 Å². The molecule has 0 radical (unpaired) electrons. The van der Waals surface area contributed by atoms with Gasteiger partial charge in [0, 0.05) is 6.20 Å². The maximum absolute atomic E-state index is 8.54. The Morgan fingerprint density at radius 3 is 2.56 bits per heavy atom. The van der Waals surface area contributed by atoms with Crippen LogP contribution in [-0.4, -0.2) is 15.2 Å². The summed E-state index contributed by atoms with van der Waals surface area (Å²) < 4.78 is 0. The van der Waals surface area contributed by atoms with Crippen molar-refractivity contribution in [3.63, 3.8) is 0 Å². The van der Waals surface area contributed by atoms with Gasteiger partial charge < -0.3 is 10.2 Å². The Labute approximate surface area is 56.6 Å². The summed E-state index contributed by atoms with van der Waals surface area (Å²) in [6, 6.07) is 0. The number of rotatable bonds is 2. The molecule has 0 amide bonds. The van der Waals surface area contributed by atoms with Crippen LogP contribution in [0.2, 0.25) is 0 Å². The van der Waals surface area contributed by atoms with E-state index in [9.17, 15) is 0 Å². The molecule has 0 fully saturated rings. The SMILES string of the molecule is OCc1cnc(CO)s1. The highest BCUT2D eigenvalue weighted by Gasteiger charge is 1.96. The van der Waals surface area contributed by atoms with Crippen LogP contribution in [0.1, 0.15) is 9.88 Å². The second kappa shape index (κ2) is 2.91. The zero-order chi connectivity index (χ0) is 6.69. The highest BCUT2D eigenvalue weighted by atomic mass is 32.1. The van der Waals surface area contributed by atoms with E-state index in [4.69, 9.17) is 10.2 Å². The van der Waals surface area contributed by atoms with Crippen LogP contribution in [-0.2, 0) is 13.2 Å². The molecule has 0 aliphatic heterocycles. The fourth-order valence-corrected chi connectivity index (χ4v) is 1.14. The first-order valence-electron chi connectivity index (χ1n) is 2.52. The molecule has 0 spiro atoms. The van der Waals surface area contributed by atoms with Gasteiger partial charge in [-0.25, -0.2) is 4.98 Å². The van der Waals surface area contributed by atoms with Crippen molar-refractivity contribution in [3.05, 3.63) is 16.1 Å². The zero-order valence-electron chi connectivity index (χ0n) is 4.74. The number of aliphatic hydroxyl groups is 2. The molecule has 50 valence electrons. The van der Waals surface area contributed by atoms with Crippen LogP contribution in [0.4, 0.5) is 0 Å². The highest BCUT2D eigenvalue weighted by Crippen LogP contribution is 2.11. The summed E-state index contributed by atoms with van der Waals surface area (Å²) in [5.41, 5.74) is 0. The molecule has 1 rings (SSSR count). The van der Waals surface area contributed by atoms with Crippen molar-refractivity contribution in [1.29, 1.82) is 0 Å². The fraction of sp³-hybridized carbons (Fsp3) is 0.400. The van der Waals surface area contributed by atoms with Gasteiger partial charge in [0.1, 0.15) is 5.01 Å². The van der Waals surface area contributed by atoms with Crippen LogP contribution in [0.25, 0.3) is 0 Å². The molecule has 0 saturated heterocycles. The van der Waals surface area contributed by atoms with Crippen molar-refractivity contribution >= 4 is 11.3 Å². The molecule has 0 aliphatic rings. The third-order valence-corrected chi connectivity index (χ3v) is 1.86. The van der Waals surface area contributed by atoms with E-state index in [1.54, 1.807) is 6.20 Å². The monoisotopic (exact) mass is 145 g/mol. The molecule has 9 heavy (non-hydrogen) atoms. The summed E-state index contributed by atoms with van der Waals surface area (Å²) in [7, 11) is 0. The van der Waals surface area contributed by atoms with Crippen LogP contribution in [0.3, 0.4) is 0 Å². The van der Waals surface area contributed by atoms with Crippen LogP contribution in [0, 0.1) is 0 Å². The minimum Gasteiger partial charge on any atom is -0.391 e. The Morgan fingerprint density at radius 1 is 1.44 bits per heavy atom. The topological polar surface area (TPSA) is 53.4 Å². The van der Waals surface area contributed by atoms with E-state index < -0.39 is 0 Å². The molecular weight excluding hydrogens is 138 g/mol. The number of aromatic nitrogens is 1.